The van der Waals surface area contributed by atoms with E-state index in [1.165, 1.54) is 33.3 Å². The second-order valence-corrected chi connectivity index (χ2v) is 9.67. The van der Waals surface area contributed by atoms with Crippen LogP contribution in [0.5, 0.6) is 11.5 Å². The molecular formula is C24H32N4O6S. The number of hydrazone groups is 1. The molecule has 0 unspecified atom stereocenters. The van der Waals surface area contributed by atoms with E-state index in [0.29, 0.717) is 42.4 Å². The predicted octanol–water partition coefficient (Wildman–Crippen LogP) is 2.49. The monoisotopic (exact) mass is 504 g/mol. The van der Waals surface area contributed by atoms with Gasteiger partial charge in [0.1, 0.15) is 5.76 Å². The highest BCUT2D eigenvalue weighted by atomic mass is 32.2. The molecule has 190 valence electrons. The van der Waals surface area contributed by atoms with Gasteiger partial charge in [-0.3, -0.25) is 4.90 Å². The van der Waals surface area contributed by atoms with Crippen LogP contribution in [0.25, 0.3) is 0 Å². The van der Waals surface area contributed by atoms with Crippen LogP contribution in [0.3, 0.4) is 0 Å². The molecule has 35 heavy (non-hydrogen) atoms. The number of nitrogens with zero attached hydrogens (tertiary/aromatic N) is 4. The van der Waals surface area contributed by atoms with Crippen molar-refractivity contribution in [3.63, 3.8) is 0 Å². The first-order chi connectivity index (χ1) is 16.8. The lowest BCUT2D eigenvalue weighted by Gasteiger charge is -2.27. The fourth-order valence-corrected chi connectivity index (χ4v) is 4.61. The molecule has 11 heteroatoms. The van der Waals surface area contributed by atoms with Gasteiger partial charge in [-0.25, -0.2) is 5.01 Å². The molecule has 0 radical (unpaired) electrons. The van der Waals surface area contributed by atoms with E-state index in [0.717, 1.165) is 26.1 Å². The third-order valence-electron chi connectivity index (χ3n) is 5.68. The van der Waals surface area contributed by atoms with Gasteiger partial charge in [-0.15, -0.1) is 4.40 Å². The first-order valence-corrected chi connectivity index (χ1v) is 12.7. The van der Waals surface area contributed by atoms with Crippen LogP contribution in [0, 0.1) is 0 Å². The van der Waals surface area contributed by atoms with Gasteiger partial charge >= 0.3 is 0 Å². The Balaban J connectivity index is 1.92. The summed E-state index contributed by atoms with van der Waals surface area (Å²) in [5.74, 6) is 0.942. The first-order valence-electron chi connectivity index (χ1n) is 11.2. The highest BCUT2D eigenvalue weighted by Crippen LogP contribution is 2.28. The summed E-state index contributed by atoms with van der Waals surface area (Å²) in [4.78, 5) is 2.41. The Morgan fingerprint density at radius 3 is 2.74 bits per heavy atom. The standard InChI is InChI=1S/C24H32N4O6S/c1-5-20(32-3)16-21-18(2)35(30,31)26-24(21)28(10-6-9-27-11-13-34-14-12-27)25-17-19-7-8-22(29)23(15-19)33-4/h5,7-8,15-17,29H,1,6,9-14H2,2-4H3/b20-16+,25-17+. The number of hydrogen-bond donors (Lipinski definition) is 1. The van der Waals surface area contributed by atoms with Gasteiger partial charge in [0.15, 0.2) is 17.3 Å². The molecule has 2 heterocycles. The quantitative estimate of drug-likeness (QED) is 0.224. The summed E-state index contributed by atoms with van der Waals surface area (Å²) >= 11 is 0. The first kappa shape index (κ1) is 26.5. The lowest BCUT2D eigenvalue weighted by molar-refractivity contribution is 0.0368. The summed E-state index contributed by atoms with van der Waals surface area (Å²) in [6.45, 7) is 9.58. The van der Waals surface area contributed by atoms with Crippen LogP contribution in [0.4, 0.5) is 0 Å². The van der Waals surface area contributed by atoms with E-state index in [1.807, 2.05) is 0 Å². The second-order valence-electron chi connectivity index (χ2n) is 7.92. The fraction of sp³-hybridized carbons (Fsp3) is 0.417. The van der Waals surface area contributed by atoms with E-state index < -0.39 is 10.0 Å². The molecule has 2 aliphatic heterocycles. The average molecular weight is 505 g/mol. The van der Waals surface area contributed by atoms with Crippen molar-refractivity contribution in [3.05, 3.63) is 58.7 Å². The Morgan fingerprint density at radius 2 is 2.09 bits per heavy atom. The average Bonchev–Trinajstić information content (AvgIpc) is 3.09. The number of benzene rings is 1. The molecule has 2 aliphatic rings. The van der Waals surface area contributed by atoms with E-state index in [4.69, 9.17) is 14.2 Å². The maximum atomic E-state index is 12.7. The summed E-state index contributed by atoms with van der Waals surface area (Å²) in [5, 5.41) is 16.0. The predicted molar refractivity (Wildman–Crippen MR) is 135 cm³/mol. The molecule has 1 fully saturated rings. The number of amidine groups is 1. The summed E-state index contributed by atoms with van der Waals surface area (Å²) in [6, 6.07) is 4.83. The van der Waals surface area contributed by atoms with Crippen LogP contribution in [-0.2, 0) is 19.5 Å². The molecule has 10 nitrogen and oxygen atoms in total. The normalized spacial score (nSPS) is 18.6. The van der Waals surface area contributed by atoms with Crippen molar-refractivity contribution >= 4 is 22.1 Å². The van der Waals surface area contributed by atoms with Gasteiger partial charge in [-0.1, -0.05) is 6.58 Å². The lowest BCUT2D eigenvalue weighted by Crippen LogP contribution is -2.38. The van der Waals surface area contributed by atoms with E-state index in [1.54, 1.807) is 29.4 Å². The van der Waals surface area contributed by atoms with E-state index in [-0.39, 0.29) is 16.5 Å². The molecule has 1 saturated heterocycles. The Bertz CT molecular complexity index is 1150. The highest BCUT2D eigenvalue weighted by Gasteiger charge is 2.31. The van der Waals surface area contributed by atoms with E-state index >= 15 is 0 Å². The van der Waals surface area contributed by atoms with Gasteiger partial charge in [-0.05, 0) is 49.3 Å². The molecule has 0 aromatic heterocycles. The molecule has 3 rings (SSSR count). The summed E-state index contributed by atoms with van der Waals surface area (Å²) in [5.41, 5.74) is 1.06. The zero-order valence-corrected chi connectivity index (χ0v) is 21.1. The minimum absolute atomic E-state index is 0.0146. The Kier molecular flexibility index (Phi) is 9.07. The lowest BCUT2D eigenvalue weighted by atomic mass is 10.2. The topological polar surface area (TPSA) is 113 Å². The molecule has 0 atom stereocenters. The number of ether oxygens (including phenoxy) is 3. The number of rotatable bonds is 10. The van der Waals surface area contributed by atoms with Gasteiger partial charge in [0.2, 0.25) is 0 Å². The SMILES string of the molecule is C=C/C(=C\C1=C(C)S(=O)(=O)N=C1N(CCCN1CCOCC1)/N=C/c1ccc(O)c(OC)c1)OC. The second kappa shape index (κ2) is 12.0. The molecule has 1 aromatic rings. The van der Waals surface area contributed by atoms with Crippen molar-refractivity contribution in [2.75, 3.05) is 53.6 Å². The fourth-order valence-electron chi connectivity index (χ4n) is 3.62. The number of hydrogen-bond acceptors (Lipinski definition) is 9. The molecule has 1 N–H and O–H groups in total. The number of methoxy groups -OCH3 is 2. The Morgan fingerprint density at radius 1 is 1.34 bits per heavy atom. The highest BCUT2D eigenvalue weighted by molar-refractivity contribution is 7.94. The molecular weight excluding hydrogens is 472 g/mol. The third kappa shape index (κ3) is 6.71. The number of allylic oxidation sites excluding steroid dienone is 2. The Hall–Kier alpha value is -3.15. The van der Waals surface area contributed by atoms with Gasteiger partial charge in [0.05, 0.1) is 38.6 Å². The smallest absolute Gasteiger partial charge is 0.280 e. The zero-order valence-electron chi connectivity index (χ0n) is 20.3. The van der Waals surface area contributed by atoms with Crippen molar-refractivity contribution in [1.29, 1.82) is 0 Å². The maximum absolute atomic E-state index is 12.7. The minimum Gasteiger partial charge on any atom is -0.504 e. The van der Waals surface area contributed by atoms with Crippen molar-refractivity contribution in [2.24, 2.45) is 9.50 Å². The van der Waals surface area contributed by atoms with Crippen molar-refractivity contribution < 1.29 is 27.7 Å². The number of phenolic OH excluding ortho intramolecular Hbond substituents is 1. The van der Waals surface area contributed by atoms with Crippen LogP contribution >= 0.6 is 0 Å². The van der Waals surface area contributed by atoms with E-state index in [9.17, 15) is 13.5 Å². The number of aromatic hydroxyl groups is 1. The van der Waals surface area contributed by atoms with Gasteiger partial charge < -0.3 is 19.3 Å². The van der Waals surface area contributed by atoms with Gasteiger partial charge in [0, 0.05) is 31.8 Å². The minimum atomic E-state index is -3.84. The van der Waals surface area contributed by atoms with Crippen LogP contribution in [-0.4, -0.2) is 89.1 Å². The summed E-state index contributed by atoms with van der Waals surface area (Å²) in [7, 11) is -0.888. The molecule has 0 aliphatic carbocycles. The van der Waals surface area contributed by atoms with Crippen molar-refractivity contribution in [3.8, 4) is 11.5 Å². The van der Waals surface area contributed by atoms with Crippen LogP contribution in [0.2, 0.25) is 0 Å². The van der Waals surface area contributed by atoms with Gasteiger partial charge in [0.25, 0.3) is 10.0 Å². The molecule has 0 saturated carbocycles. The zero-order chi connectivity index (χ0) is 25.4. The number of morpholine rings is 1. The molecule has 0 spiro atoms. The van der Waals surface area contributed by atoms with Crippen LogP contribution in [0.1, 0.15) is 18.9 Å². The molecule has 0 bridgehead atoms. The van der Waals surface area contributed by atoms with E-state index in [2.05, 4.69) is 21.0 Å². The molecule has 0 amide bonds. The molecule has 1 aromatic carbocycles. The van der Waals surface area contributed by atoms with Crippen molar-refractivity contribution in [1.82, 2.24) is 9.91 Å². The summed E-state index contributed by atoms with van der Waals surface area (Å²) in [6.07, 6.45) is 5.40. The maximum Gasteiger partial charge on any atom is 0.280 e. The number of phenols is 1. The third-order valence-corrected chi connectivity index (χ3v) is 7.09. The van der Waals surface area contributed by atoms with Crippen LogP contribution in [0.15, 0.2) is 62.7 Å². The largest absolute Gasteiger partial charge is 0.504 e. The van der Waals surface area contributed by atoms with Crippen molar-refractivity contribution in [2.45, 2.75) is 13.3 Å². The van der Waals surface area contributed by atoms with Gasteiger partial charge in [-0.2, -0.15) is 13.5 Å². The van der Waals surface area contributed by atoms with Crippen LogP contribution < -0.4 is 4.74 Å². The Labute approximate surface area is 206 Å². The number of sulfonamides is 1. The summed E-state index contributed by atoms with van der Waals surface area (Å²) < 4.78 is 45.2.